The lowest BCUT2D eigenvalue weighted by atomic mass is 9.95. The molecule has 12 nitrogen and oxygen atoms in total. The van der Waals surface area contributed by atoms with Crippen LogP contribution in [0.3, 0.4) is 0 Å². The smallest absolute Gasteiger partial charge is 0.339 e. The fourth-order valence-corrected chi connectivity index (χ4v) is 7.09. The van der Waals surface area contributed by atoms with Gasteiger partial charge >= 0.3 is 23.9 Å². The van der Waals surface area contributed by atoms with Gasteiger partial charge in [-0.3, -0.25) is 9.59 Å². The quantitative estimate of drug-likeness (QED) is 0.0319. The molecule has 0 N–H and O–H groups in total. The standard InChI is InChI=1S/C44H46O12S2/c1-31(45)55-29-39(33-19-23-37(24-20-33)57(3,49)50)41(35-15-9-7-10-16-35)43(47)53-27-13-5-6-14-28-54-44(48)42(36-17-11-8-12-18-36)40(30-56-32(2)46)34-21-25-38(26-22-34)58(4,51)52/h7-12,15-26H,5-6,13-14,27-30H2,1-4H3/b41-39+,42-40+. The number of rotatable bonds is 19. The van der Waals surface area contributed by atoms with Crippen molar-refractivity contribution in [2.24, 2.45) is 0 Å². The largest absolute Gasteiger partial charge is 0.462 e. The Morgan fingerprint density at radius 1 is 0.431 bits per heavy atom. The van der Waals surface area contributed by atoms with Crippen LogP contribution < -0.4 is 0 Å². The second kappa shape index (κ2) is 21.1. The van der Waals surface area contributed by atoms with E-state index in [2.05, 4.69) is 0 Å². The number of hydrogen-bond donors (Lipinski definition) is 0. The molecule has 58 heavy (non-hydrogen) atoms. The van der Waals surface area contributed by atoms with Crippen molar-refractivity contribution in [1.29, 1.82) is 0 Å². The Morgan fingerprint density at radius 3 is 1.05 bits per heavy atom. The van der Waals surface area contributed by atoms with E-state index in [1.807, 2.05) is 0 Å². The zero-order valence-corrected chi connectivity index (χ0v) is 34.4. The van der Waals surface area contributed by atoms with Crippen LogP contribution in [0.5, 0.6) is 0 Å². The molecule has 4 aromatic rings. The molecule has 0 aliphatic heterocycles. The molecule has 0 bridgehead atoms. The first-order chi connectivity index (χ1) is 27.6. The van der Waals surface area contributed by atoms with Gasteiger partial charge in [0.05, 0.1) is 34.2 Å². The number of benzene rings is 4. The molecule has 14 heteroatoms. The zero-order chi connectivity index (χ0) is 42.3. The molecule has 4 rings (SSSR count). The Bertz CT molecular complexity index is 2180. The van der Waals surface area contributed by atoms with Crippen molar-refractivity contribution in [3.8, 4) is 0 Å². The number of carbonyl (C=O) groups excluding carboxylic acids is 4. The van der Waals surface area contributed by atoms with E-state index in [0.717, 1.165) is 12.5 Å². The van der Waals surface area contributed by atoms with Gasteiger partial charge < -0.3 is 18.9 Å². The average Bonchev–Trinajstić information content (AvgIpc) is 3.18. The highest BCUT2D eigenvalue weighted by molar-refractivity contribution is 7.91. The Kier molecular flexibility index (Phi) is 16.3. The van der Waals surface area contributed by atoms with Crippen molar-refractivity contribution in [2.75, 3.05) is 38.9 Å². The van der Waals surface area contributed by atoms with E-state index in [-0.39, 0.29) is 47.4 Å². The van der Waals surface area contributed by atoms with Gasteiger partial charge in [-0.2, -0.15) is 0 Å². The summed E-state index contributed by atoms with van der Waals surface area (Å²) in [7, 11) is -6.95. The van der Waals surface area contributed by atoms with E-state index in [1.165, 1.54) is 38.1 Å². The van der Waals surface area contributed by atoms with Gasteiger partial charge in [0.25, 0.3) is 0 Å². The molecule has 0 heterocycles. The Balaban J connectivity index is 1.43. The first-order valence-electron chi connectivity index (χ1n) is 18.4. The number of esters is 4. The molecule has 0 aromatic heterocycles. The summed E-state index contributed by atoms with van der Waals surface area (Å²) in [6.07, 6.45) is 4.44. The lowest BCUT2D eigenvalue weighted by Gasteiger charge is -2.17. The van der Waals surface area contributed by atoms with Gasteiger partial charge in [0.15, 0.2) is 19.7 Å². The van der Waals surface area contributed by atoms with Crippen LogP contribution in [0.25, 0.3) is 22.3 Å². The molecule has 0 atom stereocenters. The summed E-state index contributed by atoms with van der Waals surface area (Å²) in [4.78, 5) is 51.2. The van der Waals surface area contributed by atoms with Gasteiger partial charge in [-0.25, -0.2) is 26.4 Å². The van der Waals surface area contributed by atoms with Crippen LogP contribution in [0, 0.1) is 0 Å². The third kappa shape index (κ3) is 13.4. The fraction of sp³-hybridized carbons (Fsp3) is 0.273. The van der Waals surface area contributed by atoms with Crippen LogP contribution in [0.4, 0.5) is 0 Å². The van der Waals surface area contributed by atoms with Crippen molar-refractivity contribution >= 4 is 65.8 Å². The first kappa shape index (κ1) is 44.8. The van der Waals surface area contributed by atoms with Crippen molar-refractivity contribution in [3.63, 3.8) is 0 Å². The third-order valence-electron chi connectivity index (χ3n) is 8.74. The molecule has 0 amide bonds. The third-order valence-corrected chi connectivity index (χ3v) is 11.0. The first-order valence-corrected chi connectivity index (χ1v) is 22.1. The van der Waals surface area contributed by atoms with E-state index in [4.69, 9.17) is 18.9 Å². The molecule has 0 unspecified atom stereocenters. The molecule has 0 saturated heterocycles. The average molecular weight is 831 g/mol. The second-order valence-corrected chi connectivity index (χ2v) is 17.3. The topological polar surface area (TPSA) is 173 Å². The maximum absolute atomic E-state index is 13.7. The SMILES string of the molecule is CC(=O)OC/C(=C(\C(=O)OCCCCCCOC(=O)/C(=C(\COC(C)=O)c1ccc(S(C)(=O)=O)cc1)c1ccccc1)c1ccccc1)c1ccc(S(C)(=O)=O)cc1. The van der Waals surface area contributed by atoms with Gasteiger partial charge in [-0.15, -0.1) is 0 Å². The molecular formula is C44H46O12S2. The number of unbranched alkanes of at least 4 members (excludes halogenated alkanes) is 3. The Labute approximate surface area is 339 Å². The highest BCUT2D eigenvalue weighted by Gasteiger charge is 2.24. The predicted octanol–water partition coefficient (Wildman–Crippen LogP) is 6.79. The molecule has 0 radical (unpaired) electrons. The summed E-state index contributed by atoms with van der Waals surface area (Å²) < 4.78 is 70.3. The molecule has 0 fully saturated rings. The molecule has 0 aliphatic carbocycles. The lowest BCUT2D eigenvalue weighted by Crippen LogP contribution is -2.14. The van der Waals surface area contributed by atoms with E-state index in [1.54, 1.807) is 84.9 Å². The van der Waals surface area contributed by atoms with E-state index < -0.39 is 43.6 Å². The summed E-state index contributed by atoms with van der Waals surface area (Å²) in [6.45, 7) is 2.12. The fourth-order valence-electron chi connectivity index (χ4n) is 5.83. The summed E-state index contributed by atoms with van der Waals surface area (Å²) in [5, 5.41) is 0. The normalized spacial score (nSPS) is 12.4. The van der Waals surface area contributed by atoms with Gasteiger partial charge in [0.2, 0.25) is 0 Å². The zero-order valence-electron chi connectivity index (χ0n) is 32.8. The van der Waals surface area contributed by atoms with Gasteiger partial charge in [-0.1, -0.05) is 84.9 Å². The number of ether oxygens (including phenoxy) is 4. The van der Waals surface area contributed by atoms with Crippen molar-refractivity contribution < 1.29 is 55.0 Å². The number of carbonyl (C=O) groups is 4. The minimum atomic E-state index is -3.48. The maximum atomic E-state index is 13.7. The van der Waals surface area contributed by atoms with Crippen molar-refractivity contribution in [3.05, 3.63) is 131 Å². The van der Waals surface area contributed by atoms with Gasteiger partial charge in [-0.05, 0) is 72.2 Å². The second-order valence-electron chi connectivity index (χ2n) is 13.3. The minimum absolute atomic E-state index is 0.0708. The highest BCUT2D eigenvalue weighted by atomic mass is 32.2. The van der Waals surface area contributed by atoms with Crippen LogP contribution in [-0.2, 0) is 57.8 Å². The molecular weight excluding hydrogens is 785 g/mol. The van der Waals surface area contributed by atoms with E-state index in [9.17, 15) is 36.0 Å². The number of hydrogen-bond acceptors (Lipinski definition) is 12. The van der Waals surface area contributed by atoms with Crippen LogP contribution in [-0.4, -0.2) is 79.7 Å². The highest BCUT2D eigenvalue weighted by Crippen LogP contribution is 2.31. The van der Waals surface area contributed by atoms with Gasteiger partial charge in [0, 0.05) is 37.5 Å². The molecule has 0 saturated carbocycles. The maximum Gasteiger partial charge on any atom is 0.339 e. The van der Waals surface area contributed by atoms with E-state index in [0.29, 0.717) is 59.1 Å². The number of sulfone groups is 2. The lowest BCUT2D eigenvalue weighted by molar-refractivity contribution is -0.140. The van der Waals surface area contributed by atoms with Crippen molar-refractivity contribution in [1.82, 2.24) is 0 Å². The molecule has 306 valence electrons. The van der Waals surface area contributed by atoms with E-state index >= 15 is 0 Å². The molecule has 4 aromatic carbocycles. The van der Waals surface area contributed by atoms with Crippen LogP contribution >= 0.6 is 0 Å². The van der Waals surface area contributed by atoms with Crippen LogP contribution in [0.15, 0.2) is 119 Å². The molecule has 0 aliphatic rings. The van der Waals surface area contributed by atoms with Crippen molar-refractivity contribution in [2.45, 2.75) is 49.3 Å². The predicted molar refractivity (Wildman–Crippen MR) is 219 cm³/mol. The Hall–Kier alpha value is -5.86. The summed E-state index contributed by atoms with van der Waals surface area (Å²) in [5.41, 5.74) is 3.03. The summed E-state index contributed by atoms with van der Waals surface area (Å²) in [5.74, 6) is -2.42. The van der Waals surface area contributed by atoms with Crippen LogP contribution in [0.2, 0.25) is 0 Å². The minimum Gasteiger partial charge on any atom is -0.462 e. The van der Waals surface area contributed by atoms with Gasteiger partial charge in [0.1, 0.15) is 13.2 Å². The summed E-state index contributed by atoms with van der Waals surface area (Å²) in [6, 6.07) is 29.4. The Morgan fingerprint density at radius 2 is 0.759 bits per heavy atom. The summed E-state index contributed by atoms with van der Waals surface area (Å²) >= 11 is 0. The monoisotopic (exact) mass is 830 g/mol. The molecule has 0 spiro atoms. The van der Waals surface area contributed by atoms with Crippen LogP contribution in [0.1, 0.15) is 61.8 Å².